The van der Waals surface area contributed by atoms with Gasteiger partial charge in [-0.2, -0.15) is 4.98 Å². The molecular weight excluding hydrogens is 276 g/mol. The molecule has 0 saturated carbocycles. The topological polar surface area (TPSA) is 110 Å². The first kappa shape index (κ1) is 15.5. The van der Waals surface area contributed by atoms with Gasteiger partial charge in [0.25, 0.3) is 0 Å². The Bertz CT molecular complexity index is 455. The monoisotopic (exact) mass is 290 g/mol. The van der Waals surface area contributed by atoms with Gasteiger partial charge in [-0.15, -0.1) is 0 Å². The lowest BCUT2D eigenvalue weighted by atomic mass is 10.0. The minimum Gasteiger partial charge on any atom is -0.388 e. The number of hydrogen-bond donors (Lipinski definition) is 2. The number of aliphatic hydroxyl groups is 1. The molecule has 1 unspecified atom stereocenters. The Morgan fingerprint density at radius 1 is 1.68 bits per heavy atom. The van der Waals surface area contributed by atoms with Crippen LogP contribution in [0.3, 0.4) is 0 Å². The summed E-state index contributed by atoms with van der Waals surface area (Å²) in [5.74, 6) is -0.0253. The summed E-state index contributed by atoms with van der Waals surface area (Å²) in [5, 5.41) is 23.4. The van der Waals surface area contributed by atoms with E-state index in [1.165, 1.54) is 7.11 Å². The Morgan fingerprint density at radius 2 is 2.37 bits per heavy atom. The zero-order valence-corrected chi connectivity index (χ0v) is 11.3. The Kier molecular flexibility index (Phi) is 5.40. The van der Waals surface area contributed by atoms with Gasteiger partial charge >= 0.3 is 5.69 Å². The highest BCUT2D eigenvalue weighted by atomic mass is 35.5. The van der Waals surface area contributed by atoms with Crippen LogP contribution in [0.25, 0.3) is 0 Å². The van der Waals surface area contributed by atoms with Gasteiger partial charge in [0, 0.05) is 26.7 Å². The van der Waals surface area contributed by atoms with Crippen LogP contribution in [0.1, 0.15) is 13.3 Å². The summed E-state index contributed by atoms with van der Waals surface area (Å²) in [6, 6.07) is 0. The average molecular weight is 291 g/mol. The molecule has 9 heteroatoms. The van der Waals surface area contributed by atoms with E-state index in [1.54, 1.807) is 6.92 Å². The maximum atomic E-state index is 10.8. The zero-order chi connectivity index (χ0) is 14.5. The lowest BCUT2D eigenvalue weighted by Crippen LogP contribution is -2.35. The van der Waals surface area contributed by atoms with Crippen molar-refractivity contribution in [2.24, 2.45) is 0 Å². The first-order chi connectivity index (χ1) is 8.85. The zero-order valence-electron chi connectivity index (χ0n) is 10.6. The first-order valence-corrected chi connectivity index (χ1v) is 5.85. The number of halogens is 1. The van der Waals surface area contributed by atoms with E-state index in [-0.39, 0.29) is 23.3 Å². The van der Waals surface area contributed by atoms with Crippen molar-refractivity contribution < 1.29 is 14.8 Å². The van der Waals surface area contributed by atoms with Crippen LogP contribution in [0, 0.1) is 10.1 Å². The van der Waals surface area contributed by atoms with E-state index in [0.717, 1.165) is 6.20 Å². The van der Waals surface area contributed by atoms with Crippen molar-refractivity contribution in [1.82, 2.24) is 9.97 Å². The maximum Gasteiger partial charge on any atom is 0.329 e. The smallest absolute Gasteiger partial charge is 0.329 e. The summed E-state index contributed by atoms with van der Waals surface area (Å²) in [7, 11) is 1.53. The highest BCUT2D eigenvalue weighted by Gasteiger charge is 2.23. The van der Waals surface area contributed by atoms with Crippen LogP contribution in [0.4, 0.5) is 11.5 Å². The molecular formula is C10H15ClN4O4. The predicted molar refractivity (Wildman–Crippen MR) is 69.3 cm³/mol. The van der Waals surface area contributed by atoms with Gasteiger partial charge in [0.05, 0.1) is 10.5 Å². The molecule has 0 spiro atoms. The molecule has 8 nitrogen and oxygen atoms in total. The summed E-state index contributed by atoms with van der Waals surface area (Å²) in [6.45, 7) is 2.04. The van der Waals surface area contributed by atoms with Crippen molar-refractivity contribution in [3.05, 3.63) is 21.6 Å². The molecule has 0 bridgehead atoms. The quantitative estimate of drug-likeness (QED) is 0.441. The van der Waals surface area contributed by atoms with Crippen molar-refractivity contribution in [3.63, 3.8) is 0 Å². The molecule has 0 fully saturated rings. The molecule has 0 aliphatic carbocycles. The van der Waals surface area contributed by atoms with E-state index in [4.69, 9.17) is 16.3 Å². The van der Waals surface area contributed by atoms with Crippen molar-refractivity contribution in [2.45, 2.75) is 18.9 Å². The molecule has 19 heavy (non-hydrogen) atoms. The van der Waals surface area contributed by atoms with Gasteiger partial charge in [-0.1, -0.05) is 0 Å². The van der Waals surface area contributed by atoms with Crippen molar-refractivity contribution in [1.29, 1.82) is 0 Å². The van der Waals surface area contributed by atoms with E-state index in [0.29, 0.717) is 13.0 Å². The van der Waals surface area contributed by atoms with Gasteiger partial charge in [0.15, 0.2) is 0 Å². The SMILES string of the molecule is COCCC(C)(O)CNc1nc(Cl)ncc1[N+](=O)[O-]. The second kappa shape index (κ2) is 6.60. The normalized spacial score (nSPS) is 13.9. The molecule has 106 valence electrons. The fourth-order valence-electron chi connectivity index (χ4n) is 1.30. The highest BCUT2D eigenvalue weighted by molar-refractivity contribution is 6.28. The van der Waals surface area contributed by atoms with E-state index in [1.807, 2.05) is 0 Å². The molecule has 0 amide bonds. The molecule has 0 aromatic carbocycles. The van der Waals surface area contributed by atoms with Gasteiger partial charge < -0.3 is 15.2 Å². The predicted octanol–water partition coefficient (Wildman–Crippen LogP) is 1.24. The molecule has 1 heterocycles. The molecule has 0 radical (unpaired) electrons. The second-order valence-corrected chi connectivity index (χ2v) is 4.56. The third-order valence-electron chi connectivity index (χ3n) is 2.42. The Balaban J connectivity index is 2.76. The number of nitrogens with one attached hydrogen (secondary N) is 1. The number of methoxy groups -OCH3 is 1. The van der Waals surface area contributed by atoms with Gasteiger partial charge in [-0.25, -0.2) is 4.98 Å². The van der Waals surface area contributed by atoms with Crippen LogP contribution >= 0.6 is 11.6 Å². The Morgan fingerprint density at radius 3 is 2.95 bits per heavy atom. The van der Waals surface area contributed by atoms with E-state index >= 15 is 0 Å². The molecule has 0 aliphatic rings. The Labute approximate surface area is 114 Å². The summed E-state index contributed by atoms with van der Waals surface area (Å²) in [6.07, 6.45) is 1.39. The van der Waals surface area contributed by atoms with Crippen molar-refractivity contribution in [2.75, 3.05) is 25.6 Å². The summed E-state index contributed by atoms with van der Waals surface area (Å²) in [4.78, 5) is 17.4. The summed E-state index contributed by atoms with van der Waals surface area (Å²) < 4.78 is 4.87. The highest BCUT2D eigenvalue weighted by Crippen LogP contribution is 2.23. The fourth-order valence-corrected chi connectivity index (χ4v) is 1.44. The molecule has 1 atom stereocenters. The van der Waals surface area contributed by atoms with Crippen LogP contribution in [0.2, 0.25) is 5.28 Å². The van der Waals surface area contributed by atoms with Crippen LogP contribution in [0.5, 0.6) is 0 Å². The lowest BCUT2D eigenvalue weighted by Gasteiger charge is -2.23. The van der Waals surface area contributed by atoms with Gasteiger partial charge in [0.1, 0.15) is 6.20 Å². The van der Waals surface area contributed by atoms with Crippen LogP contribution in [0.15, 0.2) is 6.20 Å². The standard InChI is InChI=1S/C10H15ClN4O4/c1-10(16,3-4-19-2)6-13-8-7(15(17)18)5-12-9(11)14-8/h5,16H,3-4,6H2,1-2H3,(H,12,13,14). The summed E-state index contributed by atoms with van der Waals surface area (Å²) in [5.41, 5.74) is -1.38. The number of nitrogens with zero attached hydrogens (tertiary/aromatic N) is 3. The van der Waals surface area contributed by atoms with Crippen molar-refractivity contribution in [3.8, 4) is 0 Å². The Hall–Kier alpha value is -1.51. The van der Waals surface area contributed by atoms with Gasteiger partial charge in [0.2, 0.25) is 11.1 Å². The number of anilines is 1. The summed E-state index contributed by atoms with van der Waals surface area (Å²) >= 11 is 5.59. The van der Waals surface area contributed by atoms with Crippen LogP contribution in [-0.2, 0) is 4.74 Å². The minimum absolute atomic E-state index is 0.0253. The van der Waals surface area contributed by atoms with E-state index in [9.17, 15) is 15.2 Å². The maximum absolute atomic E-state index is 10.8. The molecule has 2 N–H and O–H groups in total. The molecule has 1 aromatic heterocycles. The largest absolute Gasteiger partial charge is 0.388 e. The van der Waals surface area contributed by atoms with E-state index in [2.05, 4.69) is 15.3 Å². The van der Waals surface area contributed by atoms with Gasteiger partial charge in [-0.05, 0) is 18.5 Å². The molecule has 0 aliphatic heterocycles. The third kappa shape index (κ3) is 4.93. The minimum atomic E-state index is -1.08. The number of ether oxygens (including phenoxy) is 1. The number of hydrogen-bond acceptors (Lipinski definition) is 7. The number of rotatable bonds is 7. The van der Waals surface area contributed by atoms with E-state index < -0.39 is 10.5 Å². The third-order valence-corrected chi connectivity index (χ3v) is 2.60. The average Bonchev–Trinajstić information content (AvgIpc) is 2.34. The molecule has 0 saturated heterocycles. The van der Waals surface area contributed by atoms with Crippen molar-refractivity contribution >= 4 is 23.1 Å². The fraction of sp³-hybridized carbons (Fsp3) is 0.600. The van der Waals surface area contributed by atoms with Crippen LogP contribution in [-0.4, -0.2) is 45.9 Å². The molecule has 1 rings (SSSR count). The number of aromatic nitrogens is 2. The first-order valence-electron chi connectivity index (χ1n) is 5.48. The van der Waals surface area contributed by atoms with Gasteiger partial charge in [-0.3, -0.25) is 10.1 Å². The second-order valence-electron chi connectivity index (χ2n) is 4.22. The molecule has 1 aromatic rings. The van der Waals surface area contributed by atoms with Crippen LogP contribution < -0.4 is 5.32 Å². The number of nitro groups is 1. The lowest BCUT2D eigenvalue weighted by molar-refractivity contribution is -0.384.